The van der Waals surface area contributed by atoms with Crippen LogP contribution in [0.2, 0.25) is 0 Å². The van der Waals surface area contributed by atoms with Gasteiger partial charge in [0.15, 0.2) is 5.96 Å². The maximum absolute atomic E-state index is 12.3. The summed E-state index contributed by atoms with van der Waals surface area (Å²) in [5.41, 5.74) is 0.530. The number of nitrogens with one attached hydrogen (secondary N) is 1. The molecule has 6 heteroatoms. The Morgan fingerprint density at radius 2 is 1.92 bits per heavy atom. The first kappa shape index (κ1) is 20.7. The third-order valence-electron chi connectivity index (χ3n) is 5.44. The molecule has 1 saturated carbocycles. The molecule has 0 bridgehead atoms. The van der Waals surface area contributed by atoms with Crippen LogP contribution in [0.5, 0.6) is 0 Å². The van der Waals surface area contributed by atoms with Crippen LogP contribution in [0.15, 0.2) is 40.2 Å². The van der Waals surface area contributed by atoms with Crippen LogP contribution in [0.4, 0.5) is 0 Å². The van der Waals surface area contributed by atoms with Crippen LogP contribution in [0.3, 0.4) is 0 Å². The van der Waals surface area contributed by atoms with Crippen molar-refractivity contribution in [3.63, 3.8) is 0 Å². The molecular weight excluding hydrogens is 445 g/mol. The van der Waals surface area contributed by atoms with Crippen molar-refractivity contribution in [2.24, 2.45) is 10.4 Å². The molecule has 2 aliphatic rings. The molecule has 0 aromatic heterocycles. The summed E-state index contributed by atoms with van der Waals surface area (Å²) >= 11 is 0. The predicted molar refractivity (Wildman–Crippen MR) is 116 cm³/mol. The normalized spacial score (nSPS) is 21.0. The molecule has 1 aromatic rings. The Morgan fingerprint density at radius 1 is 1.20 bits per heavy atom. The minimum Gasteiger partial charge on any atom is -0.355 e. The molecule has 1 aliphatic carbocycles. The molecule has 1 unspecified atom stereocenters. The molecule has 4 nitrogen and oxygen atoms in total. The lowest BCUT2D eigenvalue weighted by molar-refractivity contribution is 0.203. The van der Waals surface area contributed by atoms with E-state index in [1.54, 1.807) is 0 Å². The quantitative estimate of drug-likeness (QED) is 0.411. The molecule has 1 spiro atoms. The lowest BCUT2D eigenvalue weighted by atomic mass is 9.73. The van der Waals surface area contributed by atoms with Crippen LogP contribution in [-0.4, -0.2) is 47.5 Å². The van der Waals surface area contributed by atoms with Crippen molar-refractivity contribution in [1.29, 1.82) is 0 Å². The molecule has 0 radical (unpaired) electrons. The van der Waals surface area contributed by atoms with Crippen molar-refractivity contribution in [1.82, 2.24) is 10.2 Å². The van der Waals surface area contributed by atoms with Crippen LogP contribution in [0, 0.1) is 5.41 Å². The summed E-state index contributed by atoms with van der Waals surface area (Å²) in [5.74, 6) is 1.59. The topological polar surface area (TPSA) is 44.7 Å². The summed E-state index contributed by atoms with van der Waals surface area (Å²) in [7, 11) is 0.899. The first-order valence-corrected chi connectivity index (χ1v) is 10.4. The number of hydrogen-bond acceptors (Lipinski definition) is 2. The first-order chi connectivity index (χ1) is 11.7. The zero-order valence-electron chi connectivity index (χ0n) is 15.1. The predicted octanol–water partition coefficient (Wildman–Crippen LogP) is 3.64. The van der Waals surface area contributed by atoms with Crippen LogP contribution < -0.4 is 5.32 Å². The number of rotatable bonds is 4. The lowest BCUT2D eigenvalue weighted by Gasteiger charge is -2.33. The van der Waals surface area contributed by atoms with Crippen molar-refractivity contribution in [2.45, 2.75) is 43.4 Å². The van der Waals surface area contributed by atoms with E-state index in [0.29, 0.717) is 17.7 Å². The molecular formula is C19H30IN3OS. The van der Waals surface area contributed by atoms with Crippen LogP contribution in [0.25, 0.3) is 0 Å². The summed E-state index contributed by atoms with van der Waals surface area (Å²) in [6, 6.07) is 9.69. The molecule has 3 rings (SSSR count). The van der Waals surface area contributed by atoms with E-state index in [1.807, 2.05) is 37.4 Å². The number of aliphatic imine (C=N–C) groups is 1. The molecule has 2 fully saturated rings. The van der Waals surface area contributed by atoms with Crippen molar-refractivity contribution < 1.29 is 4.21 Å². The molecule has 0 amide bonds. The van der Waals surface area contributed by atoms with Gasteiger partial charge in [0.1, 0.15) is 0 Å². The molecule has 25 heavy (non-hydrogen) atoms. The molecule has 1 aromatic carbocycles. The Morgan fingerprint density at radius 3 is 2.60 bits per heavy atom. The van der Waals surface area contributed by atoms with E-state index in [0.717, 1.165) is 23.9 Å². The van der Waals surface area contributed by atoms with Crippen molar-refractivity contribution >= 4 is 40.7 Å². The van der Waals surface area contributed by atoms with Gasteiger partial charge in [-0.25, -0.2) is 0 Å². The van der Waals surface area contributed by atoms with Gasteiger partial charge in [0.25, 0.3) is 0 Å². The fourth-order valence-corrected chi connectivity index (χ4v) is 5.09. The molecule has 1 heterocycles. The minimum atomic E-state index is -0.950. The molecule has 1 atom stereocenters. The number of benzene rings is 1. The highest BCUT2D eigenvalue weighted by atomic mass is 127. The molecule has 140 valence electrons. The Bertz CT molecular complexity index is 588. The van der Waals surface area contributed by atoms with Crippen molar-refractivity contribution in [3.8, 4) is 0 Å². The standard InChI is InChI=1S/C19H29N3OS.HI/c1-20-18(21-13-15-24(23)17-8-4-2-5-9-17)22-14-12-19(16-22)10-6-3-7-11-19;/h2,4-5,8-9H,3,6-7,10-16H2,1H3,(H,20,21);1H. The number of halogens is 1. The van der Waals surface area contributed by atoms with Gasteiger partial charge >= 0.3 is 0 Å². The van der Waals surface area contributed by atoms with Crippen LogP contribution >= 0.6 is 24.0 Å². The van der Waals surface area contributed by atoms with Crippen LogP contribution in [-0.2, 0) is 10.8 Å². The second-order valence-electron chi connectivity index (χ2n) is 7.07. The number of nitrogens with zero attached hydrogens (tertiary/aromatic N) is 2. The average molecular weight is 475 g/mol. The molecule has 1 N–H and O–H groups in total. The maximum atomic E-state index is 12.3. The zero-order valence-corrected chi connectivity index (χ0v) is 18.2. The highest BCUT2D eigenvalue weighted by molar-refractivity contribution is 14.0. The molecule has 1 saturated heterocycles. The van der Waals surface area contributed by atoms with Gasteiger partial charge in [-0.05, 0) is 36.8 Å². The first-order valence-electron chi connectivity index (χ1n) is 9.11. The monoisotopic (exact) mass is 475 g/mol. The van der Waals surface area contributed by atoms with Gasteiger partial charge in [-0.1, -0.05) is 37.5 Å². The van der Waals surface area contributed by atoms with E-state index in [1.165, 1.54) is 38.5 Å². The third kappa shape index (κ3) is 5.42. The second kappa shape index (κ2) is 9.90. The highest BCUT2D eigenvalue weighted by Gasteiger charge is 2.39. The SMILES string of the molecule is CN=C(NCCS(=O)c1ccccc1)N1CCC2(CCCCC2)C1.I. The summed E-state index contributed by atoms with van der Waals surface area (Å²) in [6.07, 6.45) is 8.21. The lowest BCUT2D eigenvalue weighted by Crippen LogP contribution is -2.42. The Labute approximate surface area is 171 Å². The van der Waals surface area contributed by atoms with E-state index in [2.05, 4.69) is 15.2 Å². The maximum Gasteiger partial charge on any atom is 0.193 e. The van der Waals surface area contributed by atoms with Gasteiger partial charge in [0.2, 0.25) is 0 Å². The summed E-state index contributed by atoms with van der Waals surface area (Å²) < 4.78 is 12.3. The van der Waals surface area contributed by atoms with Gasteiger partial charge in [0.05, 0.1) is 10.8 Å². The second-order valence-corrected chi connectivity index (χ2v) is 8.64. The largest absolute Gasteiger partial charge is 0.355 e. The van der Waals surface area contributed by atoms with E-state index in [9.17, 15) is 4.21 Å². The van der Waals surface area contributed by atoms with Crippen molar-refractivity contribution in [3.05, 3.63) is 30.3 Å². The van der Waals surface area contributed by atoms with E-state index >= 15 is 0 Å². The van der Waals surface area contributed by atoms with Gasteiger partial charge in [-0.15, -0.1) is 24.0 Å². The summed E-state index contributed by atoms with van der Waals surface area (Å²) in [6.45, 7) is 2.92. The van der Waals surface area contributed by atoms with Crippen LogP contribution in [0.1, 0.15) is 38.5 Å². The van der Waals surface area contributed by atoms with Crippen molar-refractivity contribution in [2.75, 3.05) is 32.4 Å². The van der Waals surface area contributed by atoms with E-state index in [-0.39, 0.29) is 24.0 Å². The fraction of sp³-hybridized carbons (Fsp3) is 0.632. The highest BCUT2D eigenvalue weighted by Crippen LogP contribution is 2.43. The summed E-state index contributed by atoms with van der Waals surface area (Å²) in [4.78, 5) is 7.75. The molecule has 1 aliphatic heterocycles. The average Bonchev–Trinajstić information content (AvgIpc) is 3.03. The Kier molecular flexibility index (Phi) is 8.19. The van der Waals surface area contributed by atoms with Gasteiger partial charge < -0.3 is 10.2 Å². The Balaban J connectivity index is 0.00000225. The zero-order chi connectivity index (χ0) is 16.8. The van der Waals surface area contributed by atoms with Gasteiger partial charge in [-0.2, -0.15) is 0 Å². The van der Waals surface area contributed by atoms with Gasteiger partial charge in [0, 0.05) is 37.3 Å². The minimum absolute atomic E-state index is 0. The van der Waals surface area contributed by atoms with E-state index in [4.69, 9.17) is 0 Å². The number of likely N-dealkylation sites (tertiary alicyclic amines) is 1. The third-order valence-corrected chi connectivity index (χ3v) is 6.81. The number of guanidine groups is 1. The summed E-state index contributed by atoms with van der Waals surface area (Å²) in [5, 5.41) is 3.42. The van der Waals surface area contributed by atoms with Gasteiger partial charge in [-0.3, -0.25) is 9.20 Å². The number of hydrogen-bond donors (Lipinski definition) is 1. The van der Waals surface area contributed by atoms with E-state index < -0.39 is 10.8 Å². The fourth-order valence-electron chi connectivity index (χ4n) is 4.10. The Hall–Kier alpha value is -0.630. The smallest absolute Gasteiger partial charge is 0.193 e.